The third-order valence-corrected chi connectivity index (χ3v) is 4.08. The summed E-state index contributed by atoms with van der Waals surface area (Å²) < 4.78 is 19.3. The number of hydrogen-bond donors (Lipinski definition) is 6. The molecule has 3 atom stereocenters. The van der Waals surface area contributed by atoms with Gasteiger partial charge in [0.25, 0.3) is 0 Å². The minimum atomic E-state index is -2.28. The van der Waals surface area contributed by atoms with Crippen LogP contribution >= 0.6 is 10.8 Å². The Bertz CT molecular complexity index is 487. The number of amides is 2. The molecular weight excluding hydrogens is 354 g/mol. The van der Waals surface area contributed by atoms with Crippen molar-refractivity contribution in [2.75, 3.05) is 12.3 Å². The Morgan fingerprint density at radius 2 is 1.83 bits per heavy atom. The van der Waals surface area contributed by atoms with E-state index in [1.54, 1.807) is 0 Å². The van der Waals surface area contributed by atoms with Crippen molar-refractivity contribution in [2.45, 2.75) is 24.9 Å². The zero-order chi connectivity index (χ0) is 18.0. The van der Waals surface area contributed by atoms with E-state index in [-0.39, 0.29) is 18.6 Å². The maximum atomic E-state index is 11.7. The summed E-state index contributed by atoms with van der Waals surface area (Å²) in [4.78, 5) is 44.3. The minimum absolute atomic E-state index is 0.163. The molecule has 0 fully saturated rings. The molecule has 0 saturated carbocycles. The Kier molecular flexibility index (Phi) is 10.1. The van der Waals surface area contributed by atoms with Crippen molar-refractivity contribution in [2.24, 2.45) is 5.73 Å². The highest BCUT2D eigenvalue weighted by molar-refractivity contribution is 8.67. The quantitative estimate of drug-likeness (QED) is 0.170. The number of carboxylic acids is 2. The van der Waals surface area contributed by atoms with Gasteiger partial charge in [-0.05, 0) is 17.2 Å². The smallest absolute Gasteiger partial charge is 0.322 e. The molecule has 11 nitrogen and oxygen atoms in total. The van der Waals surface area contributed by atoms with E-state index < -0.39 is 52.5 Å². The second-order valence-electron chi connectivity index (χ2n) is 4.22. The molecule has 0 aromatic heterocycles. The third-order valence-electron chi connectivity index (χ3n) is 2.40. The minimum Gasteiger partial charge on any atom is -0.480 e. The van der Waals surface area contributed by atoms with Gasteiger partial charge in [0, 0.05) is 12.2 Å². The first-order chi connectivity index (χ1) is 10.6. The third kappa shape index (κ3) is 10.6. The molecule has 0 rings (SSSR count). The predicted octanol–water partition coefficient (Wildman–Crippen LogP) is -2.27. The Morgan fingerprint density at radius 3 is 2.30 bits per heavy atom. The number of carbonyl (C=O) groups is 4. The van der Waals surface area contributed by atoms with E-state index in [1.165, 1.54) is 0 Å². The van der Waals surface area contributed by atoms with E-state index in [9.17, 15) is 23.4 Å². The van der Waals surface area contributed by atoms with Crippen LogP contribution in [0.15, 0.2) is 0 Å². The van der Waals surface area contributed by atoms with E-state index >= 15 is 0 Å². The first kappa shape index (κ1) is 21.3. The van der Waals surface area contributed by atoms with E-state index in [2.05, 4.69) is 5.32 Å². The Balaban J connectivity index is 4.57. The molecular formula is C10H17N3O8S2. The van der Waals surface area contributed by atoms with Crippen LogP contribution in [0.25, 0.3) is 0 Å². The van der Waals surface area contributed by atoms with Crippen LogP contribution in [0.5, 0.6) is 0 Å². The second-order valence-corrected chi connectivity index (χ2v) is 6.78. The fourth-order valence-corrected chi connectivity index (χ4v) is 2.52. The molecule has 1 unspecified atom stereocenters. The van der Waals surface area contributed by atoms with Gasteiger partial charge in [0.05, 0.1) is 0 Å². The maximum Gasteiger partial charge on any atom is 0.322 e. The van der Waals surface area contributed by atoms with Crippen molar-refractivity contribution < 1.29 is 38.2 Å². The molecule has 0 aliphatic carbocycles. The van der Waals surface area contributed by atoms with Crippen LogP contribution in [0, 0.1) is 0 Å². The van der Waals surface area contributed by atoms with Crippen LogP contribution < -0.4 is 16.4 Å². The predicted molar refractivity (Wildman–Crippen MR) is 80.7 cm³/mol. The van der Waals surface area contributed by atoms with E-state index in [4.69, 9.17) is 20.5 Å². The topological polar surface area (TPSA) is 196 Å². The van der Waals surface area contributed by atoms with Gasteiger partial charge in [0.15, 0.2) is 0 Å². The van der Waals surface area contributed by atoms with E-state index in [0.717, 1.165) is 0 Å². The van der Waals surface area contributed by atoms with E-state index in [0.29, 0.717) is 10.8 Å². The van der Waals surface area contributed by atoms with Crippen LogP contribution in [0.3, 0.4) is 0 Å². The molecule has 132 valence electrons. The lowest BCUT2D eigenvalue weighted by molar-refractivity contribution is -0.139. The number of rotatable bonds is 11. The summed E-state index contributed by atoms with van der Waals surface area (Å²) in [6.07, 6.45) is -0.438. The molecule has 0 aliphatic heterocycles. The number of nitrogens with one attached hydrogen (secondary N) is 2. The second kappa shape index (κ2) is 10.9. The zero-order valence-electron chi connectivity index (χ0n) is 11.8. The summed E-state index contributed by atoms with van der Waals surface area (Å²) in [6.45, 7) is -0.679. The van der Waals surface area contributed by atoms with Gasteiger partial charge in [-0.15, -0.1) is 0 Å². The molecule has 7 N–H and O–H groups in total. The molecule has 13 heteroatoms. The molecule has 0 aromatic carbocycles. The number of nitrogens with two attached hydrogens (primary N) is 1. The van der Waals surface area contributed by atoms with Crippen molar-refractivity contribution in [3.05, 3.63) is 0 Å². The van der Waals surface area contributed by atoms with Gasteiger partial charge >= 0.3 is 11.9 Å². The molecule has 0 radical (unpaired) electrons. The lowest BCUT2D eigenvalue weighted by Crippen LogP contribution is -2.49. The average molecular weight is 371 g/mol. The molecule has 23 heavy (non-hydrogen) atoms. The average Bonchev–Trinajstić information content (AvgIpc) is 2.45. The Labute approximate surface area is 137 Å². The number of hydrogen-bond acceptors (Lipinski definition) is 7. The lowest BCUT2D eigenvalue weighted by Gasteiger charge is -2.17. The van der Waals surface area contributed by atoms with Gasteiger partial charge in [-0.2, -0.15) is 0 Å². The molecule has 0 aliphatic rings. The first-order valence-electron chi connectivity index (χ1n) is 6.14. The van der Waals surface area contributed by atoms with Crippen LogP contribution in [-0.4, -0.2) is 67.1 Å². The van der Waals surface area contributed by atoms with Gasteiger partial charge in [-0.1, -0.05) is 0 Å². The number of carbonyl (C=O) groups excluding carboxylic acids is 2. The standard InChI is InChI=1S/C10H17N3O8S2/c11-5(10(18)19)1-2-7(14)13-6(4-22-23(20)21)9(17)12-3-8(15)16/h5-6H,1-4,11H2,(H,12,17)(H,13,14)(H,15,16)(H,18,19)(H,20,21)/t5-,6-/m0/s1. The SMILES string of the molecule is N[C@@H](CCC(=O)N[C@@H](CSS(=O)O)C(=O)NCC(=O)O)C(=O)O. The summed E-state index contributed by atoms with van der Waals surface area (Å²) in [7, 11) is -1.82. The summed E-state index contributed by atoms with van der Waals surface area (Å²) in [5.74, 6) is -4.39. The van der Waals surface area contributed by atoms with Crippen LogP contribution in [0.2, 0.25) is 0 Å². The highest BCUT2D eigenvalue weighted by atomic mass is 33.1. The van der Waals surface area contributed by atoms with Gasteiger partial charge in [-0.25, -0.2) is 4.21 Å². The molecule has 0 heterocycles. The molecule has 0 spiro atoms. The van der Waals surface area contributed by atoms with Gasteiger partial charge < -0.3 is 26.6 Å². The number of carboxylic acid groups (broad SMARTS) is 2. The lowest BCUT2D eigenvalue weighted by atomic mass is 10.1. The van der Waals surface area contributed by atoms with Crippen LogP contribution in [0.1, 0.15) is 12.8 Å². The highest BCUT2D eigenvalue weighted by Gasteiger charge is 2.23. The fourth-order valence-electron chi connectivity index (χ4n) is 1.27. The first-order valence-corrected chi connectivity index (χ1v) is 8.75. The molecule has 2 amide bonds. The fraction of sp³-hybridized carbons (Fsp3) is 0.600. The van der Waals surface area contributed by atoms with Crippen LogP contribution in [0.4, 0.5) is 0 Å². The van der Waals surface area contributed by atoms with Crippen molar-refractivity contribution in [3.8, 4) is 0 Å². The zero-order valence-corrected chi connectivity index (χ0v) is 13.4. The van der Waals surface area contributed by atoms with Crippen LogP contribution in [-0.2, 0) is 29.3 Å². The molecule has 0 aromatic rings. The van der Waals surface area contributed by atoms with E-state index in [1.807, 2.05) is 5.32 Å². The Hall–Kier alpha value is -1.70. The summed E-state index contributed by atoms with van der Waals surface area (Å²) in [5.41, 5.74) is 5.23. The molecule has 0 saturated heterocycles. The van der Waals surface area contributed by atoms with Crippen molar-refractivity contribution in [1.82, 2.24) is 10.6 Å². The van der Waals surface area contributed by atoms with Gasteiger partial charge in [0.2, 0.25) is 21.9 Å². The summed E-state index contributed by atoms with van der Waals surface area (Å²) in [5, 5.41) is 21.3. The highest BCUT2D eigenvalue weighted by Crippen LogP contribution is 2.07. The normalized spacial score (nSPS) is 14.3. The van der Waals surface area contributed by atoms with Gasteiger partial charge in [0.1, 0.15) is 18.6 Å². The molecule has 0 bridgehead atoms. The Morgan fingerprint density at radius 1 is 1.22 bits per heavy atom. The summed E-state index contributed by atoms with van der Waals surface area (Å²) in [6, 6.07) is -2.48. The van der Waals surface area contributed by atoms with Gasteiger partial charge in [-0.3, -0.25) is 23.7 Å². The van der Waals surface area contributed by atoms with Crippen molar-refractivity contribution in [1.29, 1.82) is 0 Å². The maximum absolute atomic E-state index is 11.7. The summed E-state index contributed by atoms with van der Waals surface area (Å²) >= 11 is 0. The number of aliphatic carboxylic acids is 2. The van der Waals surface area contributed by atoms with Crippen molar-refractivity contribution >= 4 is 44.7 Å². The monoisotopic (exact) mass is 371 g/mol. The largest absolute Gasteiger partial charge is 0.480 e. The van der Waals surface area contributed by atoms with Crippen molar-refractivity contribution in [3.63, 3.8) is 0 Å².